The zero-order valence-corrected chi connectivity index (χ0v) is 16.9. The van der Waals surface area contributed by atoms with E-state index < -0.39 is 0 Å². The Kier molecular flexibility index (Phi) is 5.83. The summed E-state index contributed by atoms with van der Waals surface area (Å²) in [6.07, 6.45) is 0. The first-order valence-corrected chi connectivity index (χ1v) is 9.84. The summed E-state index contributed by atoms with van der Waals surface area (Å²) in [5, 5.41) is 0.929. The summed E-state index contributed by atoms with van der Waals surface area (Å²) in [5.74, 6) is 0.672. The van der Waals surface area contributed by atoms with Crippen LogP contribution in [0.15, 0.2) is 57.7 Å². The summed E-state index contributed by atoms with van der Waals surface area (Å²) >= 11 is 0. The van der Waals surface area contributed by atoms with Gasteiger partial charge in [0.15, 0.2) is 0 Å². The third-order valence-electron chi connectivity index (χ3n) is 5.26. The van der Waals surface area contributed by atoms with Crippen molar-refractivity contribution in [2.45, 2.75) is 13.1 Å². The quantitative estimate of drug-likeness (QED) is 0.598. The minimum Gasteiger partial charge on any atom is -0.497 e. The van der Waals surface area contributed by atoms with E-state index in [-0.39, 0.29) is 5.63 Å². The van der Waals surface area contributed by atoms with E-state index in [1.807, 2.05) is 12.1 Å². The predicted molar refractivity (Wildman–Crippen MR) is 114 cm³/mol. The lowest BCUT2D eigenvalue weighted by Gasteiger charge is -2.31. The van der Waals surface area contributed by atoms with Crippen molar-refractivity contribution in [2.24, 2.45) is 0 Å². The van der Waals surface area contributed by atoms with Crippen molar-refractivity contribution < 1.29 is 13.9 Å². The molecule has 0 amide bonds. The van der Waals surface area contributed by atoms with Gasteiger partial charge in [-0.3, -0.25) is 4.90 Å². The molecule has 1 aromatic heterocycles. The van der Waals surface area contributed by atoms with E-state index in [1.54, 1.807) is 19.2 Å². The number of hydrogen-bond acceptors (Lipinski definition) is 6. The van der Waals surface area contributed by atoms with Gasteiger partial charge in [-0.2, -0.15) is 0 Å². The number of rotatable bonds is 6. The van der Waals surface area contributed by atoms with Gasteiger partial charge in [0.05, 0.1) is 20.3 Å². The van der Waals surface area contributed by atoms with E-state index in [0.29, 0.717) is 17.9 Å². The molecule has 29 heavy (non-hydrogen) atoms. The molecule has 0 atom stereocenters. The number of fused-ring (bicyclic) bond motifs is 1. The van der Waals surface area contributed by atoms with Crippen LogP contribution in [-0.2, 0) is 17.8 Å². The van der Waals surface area contributed by atoms with Crippen LogP contribution in [0.3, 0.4) is 0 Å². The number of morpholine rings is 1. The van der Waals surface area contributed by atoms with Crippen molar-refractivity contribution in [1.82, 2.24) is 4.90 Å². The molecule has 1 saturated heterocycles. The second-order valence-electron chi connectivity index (χ2n) is 7.35. The van der Waals surface area contributed by atoms with Gasteiger partial charge >= 0.3 is 5.63 Å². The average Bonchev–Trinajstić information content (AvgIpc) is 2.74. The molecule has 1 aliphatic heterocycles. The first-order chi connectivity index (χ1) is 14.1. The molecule has 0 spiro atoms. The van der Waals surface area contributed by atoms with Crippen LogP contribution in [0.2, 0.25) is 0 Å². The average molecular weight is 394 g/mol. The van der Waals surface area contributed by atoms with Crippen LogP contribution >= 0.6 is 0 Å². The second-order valence-corrected chi connectivity index (χ2v) is 7.35. The number of benzene rings is 2. The molecular formula is C23H26N2O4. The highest BCUT2D eigenvalue weighted by molar-refractivity contribution is 5.81. The molecule has 0 radical (unpaired) electrons. The van der Waals surface area contributed by atoms with E-state index in [2.05, 4.69) is 41.1 Å². The lowest BCUT2D eigenvalue weighted by atomic mass is 10.1. The van der Waals surface area contributed by atoms with Crippen molar-refractivity contribution in [3.8, 4) is 5.75 Å². The van der Waals surface area contributed by atoms with Gasteiger partial charge in [-0.05, 0) is 36.4 Å². The molecule has 0 unspecified atom stereocenters. The Bertz CT molecular complexity index is 1040. The zero-order valence-electron chi connectivity index (χ0n) is 16.9. The fourth-order valence-electron chi connectivity index (χ4n) is 3.86. The topological polar surface area (TPSA) is 55.2 Å². The number of ether oxygens (including phenoxy) is 2. The first-order valence-electron chi connectivity index (χ1n) is 9.84. The predicted octanol–water partition coefficient (Wildman–Crippen LogP) is 3.27. The Morgan fingerprint density at radius 3 is 2.59 bits per heavy atom. The monoisotopic (exact) mass is 394 g/mol. The smallest absolute Gasteiger partial charge is 0.336 e. The van der Waals surface area contributed by atoms with Gasteiger partial charge in [-0.1, -0.05) is 18.2 Å². The Balaban J connectivity index is 1.56. The Hall–Kier alpha value is -2.83. The van der Waals surface area contributed by atoms with Gasteiger partial charge in [0.2, 0.25) is 0 Å². The van der Waals surface area contributed by atoms with E-state index in [9.17, 15) is 4.79 Å². The molecule has 152 valence electrons. The van der Waals surface area contributed by atoms with Crippen molar-refractivity contribution >= 4 is 16.7 Å². The van der Waals surface area contributed by atoms with Gasteiger partial charge in [0.1, 0.15) is 11.3 Å². The summed E-state index contributed by atoms with van der Waals surface area (Å²) in [4.78, 5) is 16.7. The number of anilines is 1. The Morgan fingerprint density at radius 1 is 1.03 bits per heavy atom. The molecule has 0 saturated carbocycles. The maximum absolute atomic E-state index is 12.1. The molecule has 6 heteroatoms. The van der Waals surface area contributed by atoms with Crippen molar-refractivity contribution in [3.63, 3.8) is 0 Å². The van der Waals surface area contributed by atoms with E-state index in [1.165, 1.54) is 11.3 Å². The van der Waals surface area contributed by atoms with Gasteiger partial charge in [0, 0.05) is 49.4 Å². The standard InChI is InChI=1S/C23H26N2O4/c1-24(15-17-5-3-4-6-21(17)25-9-11-28-12-10-25)16-18-13-23(26)29-22-14-19(27-2)7-8-20(18)22/h3-8,13-14H,9-12,15-16H2,1-2H3. The fourth-order valence-corrected chi connectivity index (χ4v) is 3.86. The third kappa shape index (κ3) is 4.44. The largest absolute Gasteiger partial charge is 0.497 e. The molecule has 4 rings (SSSR count). The van der Waals surface area contributed by atoms with Crippen LogP contribution in [0.1, 0.15) is 11.1 Å². The molecule has 1 fully saturated rings. The van der Waals surface area contributed by atoms with Gasteiger partial charge in [-0.15, -0.1) is 0 Å². The highest BCUT2D eigenvalue weighted by Gasteiger charge is 2.16. The molecule has 1 aliphatic rings. The lowest BCUT2D eigenvalue weighted by molar-refractivity contribution is 0.122. The second kappa shape index (κ2) is 8.68. The zero-order chi connectivity index (χ0) is 20.2. The van der Waals surface area contributed by atoms with E-state index in [0.717, 1.165) is 43.8 Å². The molecular weight excluding hydrogens is 368 g/mol. The maximum Gasteiger partial charge on any atom is 0.336 e. The summed E-state index contributed by atoms with van der Waals surface area (Å²) < 4.78 is 16.1. The van der Waals surface area contributed by atoms with Crippen molar-refractivity contribution in [2.75, 3.05) is 45.4 Å². The fraction of sp³-hybridized carbons (Fsp3) is 0.348. The van der Waals surface area contributed by atoms with Gasteiger partial charge < -0.3 is 18.8 Å². The van der Waals surface area contributed by atoms with Crippen molar-refractivity contribution in [1.29, 1.82) is 0 Å². The molecule has 0 bridgehead atoms. The Labute approximate surface area is 170 Å². The van der Waals surface area contributed by atoms with Crippen LogP contribution in [0.4, 0.5) is 5.69 Å². The van der Waals surface area contributed by atoms with Gasteiger partial charge in [0.25, 0.3) is 0 Å². The normalized spacial score (nSPS) is 14.5. The number of methoxy groups -OCH3 is 1. The van der Waals surface area contributed by atoms with E-state index in [4.69, 9.17) is 13.9 Å². The SMILES string of the molecule is COc1ccc2c(CN(C)Cc3ccccc3N3CCOCC3)cc(=O)oc2c1. The van der Waals surface area contributed by atoms with Crippen LogP contribution in [0, 0.1) is 0 Å². The summed E-state index contributed by atoms with van der Waals surface area (Å²) in [6.45, 7) is 4.77. The highest BCUT2D eigenvalue weighted by Crippen LogP contribution is 2.26. The molecule has 0 N–H and O–H groups in total. The molecule has 2 aromatic carbocycles. The van der Waals surface area contributed by atoms with Crippen LogP contribution in [0.5, 0.6) is 5.75 Å². The molecule has 2 heterocycles. The highest BCUT2D eigenvalue weighted by atomic mass is 16.5. The van der Waals surface area contributed by atoms with Crippen LogP contribution in [0.25, 0.3) is 11.0 Å². The number of para-hydroxylation sites is 1. The molecule has 0 aliphatic carbocycles. The summed E-state index contributed by atoms with van der Waals surface area (Å²) in [5.41, 5.74) is 3.68. The van der Waals surface area contributed by atoms with E-state index >= 15 is 0 Å². The third-order valence-corrected chi connectivity index (χ3v) is 5.26. The van der Waals surface area contributed by atoms with Gasteiger partial charge in [-0.25, -0.2) is 4.79 Å². The lowest BCUT2D eigenvalue weighted by Crippen LogP contribution is -2.37. The molecule has 6 nitrogen and oxygen atoms in total. The minimum absolute atomic E-state index is 0.345. The maximum atomic E-state index is 12.1. The first kappa shape index (κ1) is 19.5. The van der Waals surface area contributed by atoms with Crippen LogP contribution < -0.4 is 15.3 Å². The van der Waals surface area contributed by atoms with Crippen LogP contribution in [-0.4, -0.2) is 45.4 Å². The van der Waals surface area contributed by atoms with Crippen molar-refractivity contribution in [3.05, 3.63) is 70.1 Å². The minimum atomic E-state index is -0.345. The summed E-state index contributed by atoms with van der Waals surface area (Å²) in [6, 6.07) is 15.7. The Morgan fingerprint density at radius 2 is 1.79 bits per heavy atom. The molecule has 3 aromatic rings. The number of hydrogen-bond donors (Lipinski definition) is 0. The number of nitrogens with zero attached hydrogens (tertiary/aromatic N) is 2. The summed E-state index contributed by atoms with van der Waals surface area (Å²) in [7, 11) is 3.67.